The summed E-state index contributed by atoms with van der Waals surface area (Å²) in [5.74, 6) is -0.820. The summed E-state index contributed by atoms with van der Waals surface area (Å²) >= 11 is 0. The molecule has 0 aliphatic heterocycles. The maximum atomic E-state index is 11.8. The van der Waals surface area contributed by atoms with Crippen LogP contribution in [-0.4, -0.2) is 47.3 Å². The van der Waals surface area contributed by atoms with Crippen LogP contribution in [0, 0.1) is 0 Å². The van der Waals surface area contributed by atoms with Gasteiger partial charge < -0.3 is 14.3 Å². The lowest BCUT2D eigenvalue weighted by Crippen LogP contribution is -2.46. The maximum Gasteiger partial charge on any atom is 0.441 e. The van der Waals surface area contributed by atoms with E-state index in [2.05, 4.69) is 4.84 Å². The second-order valence-electron chi connectivity index (χ2n) is 6.79. The van der Waals surface area contributed by atoms with Crippen molar-refractivity contribution in [2.45, 2.75) is 65.7 Å². The standard InChI is InChI=1S/C14H26N2O6/c1-9(16(8)12(19)21-14(5,6)7)10(17)22-15-11(18)20-13(2,3)4/h9H,1-8H3,(H,15,18)/t9-/m1/s1. The van der Waals surface area contributed by atoms with Gasteiger partial charge in [-0.1, -0.05) is 0 Å². The van der Waals surface area contributed by atoms with E-state index in [1.165, 1.54) is 14.0 Å². The van der Waals surface area contributed by atoms with Gasteiger partial charge >= 0.3 is 18.2 Å². The monoisotopic (exact) mass is 318 g/mol. The van der Waals surface area contributed by atoms with Crippen LogP contribution in [0.5, 0.6) is 0 Å². The molecule has 0 aliphatic carbocycles. The van der Waals surface area contributed by atoms with Crippen molar-refractivity contribution in [2.24, 2.45) is 0 Å². The summed E-state index contributed by atoms with van der Waals surface area (Å²) < 4.78 is 10.0. The van der Waals surface area contributed by atoms with E-state index in [1.54, 1.807) is 41.5 Å². The zero-order valence-corrected chi connectivity index (χ0v) is 14.5. The highest BCUT2D eigenvalue weighted by Crippen LogP contribution is 2.11. The number of rotatable bonds is 2. The first-order valence-corrected chi connectivity index (χ1v) is 6.88. The Morgan fingerprint density at radius 3 is 1.82 bits per heavy atom. The lowest BCUT2D eigenvalue weighted by molar-refractivity contribution is -0.155. The molecule has 128 valence electrons. The number of hydrogen-bond donors (Lipinski definition) is 1. The molecule has 0 aromatic carbocycles. The fourth-order valence-electron chi connectivity index (χ4n) is 1.13. The molecule has 8 heteroatoms. The summed E-state index contributed by atoms with van der Waals surface area (Å²) in [6, 6.07) is -0.940. The largest absolute Gasteiger partial charge is 0.444 e. The number of nitrogens with zero attached hydrogens (tertiary/aromatic N) is 1. The smallest absolute Gasteiger partial charge is 0.441 e. The second-order valence-corrected chi connectivity index (χ2v) is 6.79. The van der Waals surface area contributed by atoms with Gasteiger partial charge in [0.05, 0.1) is 0 Å². The third-order valence-corrected chi connectivity index (χ3v) is 2.24. The predicted octanol–water partition coefficient (Wildman–Crippen LogP) is 2.22. The lowest BCUT2D eigenvalue weighted by atomic mass is 10.2. The molecule has 0 aromatic rings. The van der Waals surface area contributed by atoms with Crippen LogP contribution in [0.2, 0.25) is 0 Å². The van der Waals surface area contributed by atoms with Crippen molar-refractivity contribution in [1.29, 1.82) is 0 Å². The topological polar surface area (TPSA) is 94.2 Å². The second kappa shape index (κ2) is 7.33. The molecule has 2 amide bonds. The van der Waals surface area contributed by atoms with Crippen molar-refractivity contribution in [3.8, 4) is 0 Å². The van der Waals surface area contributed by atoms with Gasteiger partial charge in [0.1, 0.15) is 17.2 Å². The molecule has 0 aliphatic rings. The van der Waals surface area contributed by atoms with Crippen LogP contribution in [-0.2, 0) is 19.1 Å². The quantitative estimate of drug-likeness (QED) is 0.620. The molecule has 0 bridgehead atoms. The van der Waals surface area contributed by atoms with Gasteiger partial charge in [-0.05, 0) is 48.5 Å². The molecule has 0 spiro atoms. The summed E-state index contributed by atoms with van der Waals surface area (Å²) in [7, 11) is 1.40. The van der Waals surface area contributed by atoms with Crippen LogP contribution in [0.15, 0.2) is 0 Å². The van der Waals surface area contributed by atoms with E-state index in [1.807, 2.05) is 5.48 Å². The first-order valence-electron chi connectivity index (χ1n) is 6.88. The molecule has 1 atom stereocenters. The van der Waals surface area contributed by atoms with Gasteiger partial charge in [-0.3, -0.25) is 4.90 Å². The van der Waals surface area contributed by atoms with E-state index < -0.39 is 35.4 Å². The molecule has 1 N–H and O–H groups in total. The number of carbonyl (C=O) groups excluding carboxylic acids is 3. The molecular formula is C14H26N2O6. The number of amides is 2. The van der Waals surface area contributed by atoms with E-state index in [0.29, 0.717) is 0 Å². The Bertz CT molecular complexity index is 422. The first kappa shape index (κ1) is 20.0. The zero-order chi connectivity index (χ0) is 17.7. The molecule has 0 unspecified atom stereocenters. The molecule has 0 radical (unpaired) electrons. The van der Waals surface area contributed by atoms with Gasteiger partial charge in [-0.15, -0.1) is 5.48 Å². The Kier molecular flexibility index (Phi) is 6.66. The molecule has 8 nitrogen and oxygen atoms in total. The minimum atomic E-state index is -0.940. The summed E-state index contributed by atoms with van der Waals surface area (Å²) in [5, 5.41) is 0. The van der Waals surface area contributed by atoms with Gasteiger partial charge in [0.15, 0.2) is 0 Å². The zero-order valence-electron chi connectivity index (χ0n) is 14.5. The summed E-state index contributed by atoms with van der Waals surface area (Å²) in [6.07, 6.45) is -1.57. The maximum absolute atomic E-state index is 11.8. The van der Waals surface area contributed by atoms with Crippen LogP contribution >= 0.6 is 0 Å². The minimum Gasteiger partial charge on any atom is -0.444 e. The van der Waals surface area contributed by atoms with Gasteiger partial charge in [0, 0.05) is 7.05 Å². The molecule has 0 heterocycles. The van der Waals surface area contributed by atoms with Crippen molar-refractivity contribution in [1.82, 2.24) is 10.4 Å². The molecule has 0 saturated carbocycles. The molecule has 0 fully saturated rings. The number of hydrogen-bond acceptors (Lipinski definition) is 6. The van der Waals surface area contributed by atoms with Crippen LogP contribution in [0.3, 0.4) is 0 Å². The van der Waals surface area contributed by atoms with Gasteiger partial charge in [0.2, 0.25) is 0 Å². The van der Waals surface area contributed by atoms with Crippen molar-refractivity contribution >= 4 is 18.2 Å². The normalized spacial score (nSPS) is 12.9. The summed E-state index contributed by atoms with van der Waals surface area (Å²) in [5.41, 5.74) is 0.483. The molecule has 0 saturated heterocycles. The Labute approximate surface area is 131 Å². The Balaban J connectivity index is 4.43. The molecule has 22 heavy (non-hydrogen) atoms. The van der Waals surface area contributed by atoms with Crippen LogP contribution in [0.25, 0.3) is 0 Å². The minimum absolute atomic E-state index is 0.672. The fraction of sp³-hybridized carbons (Fsp3) is 0.786. The third kappa shape index (κ3) is 8.33. The Morgan fingerprint density at radius 2 is 1.41 bits per heavy atom. The van der Waals surface area contributed by atoms with Crippen molar-refractivity contribution in [2.75, 3.05) is 7.05 Å². The Morgan fingerprint density at radius 1 is 0.955 bits per heavy atom. The van der Waals surface area contributed by atoms with Crippen LogP contribution in [0.1, 0.15) is 48.5 Å². The lowest BCUT2D eigenvalue weighted by Gasteiger charge is -2.27. The van der Waals surface area contributed by atoms with E-state index in [0.717, 1.165) is 4.90 Å². The van der Waals surface area contributed by atoms with Crippen molar-refractivity contribution < 1.29 is 28.7 Å². The van der Waals surface area contributed by atoms with Crippen LogP contribution < -0.4 is 5.48 Å². The number of hydroxylamine groups is 1. The number of nitrogens with one attached hydrogen (secondary N) is 1. The van der Waals surface area contributed by atoms with Gasteiger partial charge in [-0.2, -0.15) is 0 Å². The van der Waals surface area contributed by atoms with Gasteiger partial charge in [0.25, 0.3) is 0 Å². The number of ether oxygens (including phenoxy) is 2. The SMILES string of the molecule is C[C@H](C(=O)ONC(=O)OC(C)(C)C)N(C)C(=O)OC(C)(C)C. The van der Waals surface area contributed by atoms with Crippen molar-refractivity contribution in [3.05, 3.63) is 0 Å². The van der Waals surface area contributed by atoms with Crippen LogP contribution in [0.4, 0.5) is 9.59 Å². The molecular weight excluding hydrogens is 292 g/mol. The average Bonchev–Trinajstić information content (AvgIpc) is 2.29. The highest BCUT2D eigenvalue weighted by Gasteiger charge is 2.29. The van der Waals surface area contributed by atoms with E-state index in [4.69, 9.17) is 9.47 Å². The number of carbonyl (C=O) groups is 3. The first-order chi connectivity index (χ1) is 9.73. The van der Waals surface area contributed by atoms with E-state index in [-0.39, 0.29) is 0 Å². The highest BCUT2D eigenvalue weighted by molar-refractivity contribution is 5.81. The summed E-state index contributed by atoms with van der Waals surface area (Å²) in [6.45, 7) is 11.6. The summed E-state index contributed by atoms with van der Waals surface area (Å²) in [4.78, 5) is 40.6. The van der Waals surface area contributed by atoms with E-state index in [9.17, 15) is 14.4 Å². The number of likely N-dealkylation sites (N-methyl/N-ethyl adjacent to an activating group) is 1. The fourth-order valence-corrected chi connectivity index (χ4v) is 1.13. The molecule has 0 aromatic heterocycles. The predicted molar refractivity (Wildman–Crippen MR) is 78.9 cm³/mol. The third-order valence-electron chi connectivity index (χ3n) is 2.24. The van der Waals surface area contributed by atoms with Gasteiger partial charge in [-0.25, -0.2) is 14.4 Å². The van der Waals surface area contributed by atoms with Crippen molar-refractivity contribution in [3.63, 3.8) is 0 Å². The van der Waals surface area contributed by atoms with E-state index >= 15 is 0 Å². The highest BCUT2D eigenvalue weighted by atomic mass is 16.7. The molecule has 0 rings (SSSR count). The average molecular weight is 318 g/mol. The Hall–Kier alpha value is -1.99.